The number of aryl methyl sites for hydroxylation is 1. The molecule has 0 radical (unpaired) electrons. The van der Waals surface area contributed by atoms with Crippen LogP contribution in [0, 0.1) is 6.92 Å². The van der Waals surface area contributed by atoms with E-state index >= 15 is 0 Å². The Kier molecular flexibility index (Phi) is 12.5. The lowest BCUT2D eigenvalue weighted by Crippen LogP contribution is -1.88. The molecule has 0 spiro atoms. The Morgan fingerprint density at radius 2 is 1.75 bits per heavy atom. The van der Waals surface area contributed by atoms with Gasteiger partial charge in [-0.25, -0.2) is 0 Å². The standard InChI is InChI=1S/C11H13N.2C2H6/c1-4-6-11-10(5-2)9(3)7-8-12-11;2*1-2/h4-8H,2H2,1,3H3;2*1-2H3/b6-4-;;. The molecule has 0 saturated heterocycles. The van der Waals surface area contributed by atoms with E-state index in [1.807, 2.05) is 65.1 Å². The number of pyridine rings is 1. The highest BCUT2D eigenvalue weighted by Gasteiger charge is 1.98. The summed E-state index contributed by atoms with van der Waals surface area (Å²) in [6, 6.07) is 1.99. The van der Waals surface area contributed by atoms with Gasteiger partial charge in [0.05, 0.1) is 5.69 Å². The molecule has 1 nitrogen and oxygen atoms in total. The maximum atomic E-state index is 4.24. The van der Waals surface area contributed by atoms with Crippen molar-refractivity contribution >= 4 is 12.2 Å². The Hall–Kier alpha value is -1.37. The zero-order chi connectivity index (χ0) is 13.0. The molecule has 0 unspecified atom stereocenters. The normalized spacial score (nSPS) is 8.62. The van der Waals surface area contributed by atoms with Gasteiger partial charge in [-0.3, -0.25) is 4.98 Å². The predicted molar refractivity (Wildman–Crippen MR) is 76.5 cm³/mol. The minimum absolute atomic E-state index is 0.993. The summed E-state index contributed by atoms with van der Waals surface area (Å²) in [5.41, 5.74) is 3.33. The van der Waals surface area contributed by atoms with Gasteiger partial charge in [0, 0.05) is 11.8 Å². The lowest BCUT2D eigenvalue weighted by Gasteiger charge is -2.02. The molecule has 0 N–H and O–H groups in total. The highest BCUT2D eigenvalue weighted by molar-refractivity contribution is 5.63. The van der Waals surface area contributed by atoms with Gasteiger partial charge in [0.25, 0.3) is 0 Å². The van der Waals surface area contributed by atoms with Crippen LogP contribution in [0.1, 0.15) is 51.4 Å². The van der Waals surface area contributed by atoms with Crippen LogP contribution in [-0.2, 0) is 0 Å². The van der Waals surface area contributed by atoms with E-state index in [0.717, 1.165) is 11.3 Å². The predicted octanol–water partition coefficient (Wildman–Crippen LogP) is 5.12. The Morgan fingerprint density at radius 1 is 1.19 bits per heavy atom. The average molecular weight is 219 g/mol. The van der Waals surface area contributed by atoms with E-state index in [9.17, 15) is 0 Å². The van der Waals surface area contributed by atoms with Crippen molar-refractivity contribution in [1.29, 1.82) is 0 Å². The molecule has 0 atom stereocenters. The quantitative estimate of drug-likeness (QED) is 0.673. The Morgan fingerprint density at radius 3 is 2.19 bits per heavy atom. The van der Waals surface area contributed by atoms with Gasteiger partial charge < -0.3 is 0 Å². The molecular weight excluding hydrogens is 194 g/mol. The molecule has 16 heavy (non-hydrogen) atoms. The van der Waals surface area contributed by atoms with E-state index in [1.54, 1.807) is 0 Å². The highest BCUT2D eigenvalue weighted by Crippen LogP contribution is 2.13. The van der Waals surface area contributed by atoms with E-state index in [2.05, 4.69) is 18.5 Å². The van der Waals surface area contributed by atoms with Gasteiger partial charge in [-0.15, -0.1) is 0 Å². The maximum Gasteiger partial charge on any atom is 0.0701 e. The van der Waals surface area contributed by atoms with Crippen LogP contribution < -0.4 is 0 Å². The number of hydrogen-bond donors (Lipinski definition) is 0. The summed E-state index contributed by atoms with van der Waals surface area (Å²) in [7, 11) is 0. The van der Waals surface area contributed by atoms with E-state index in [1.165, 1.54) is 5.56 Å². The lowest BCUT2D eigenvalue weighted by molar-refractivity contribution is 1.24. The van der Waals surface area contributed by atoms with Crippen molar-refractivity contribution in [2.24, 2.45) is 0 Å². The molecule has 0 aliphatic heterocycles. The summed E-state index contributed by atoms with van der Waals surface area (Å²) in [6.45, 7) is 15.8. The monoisotopic (exact) mass is 219 g/mol. The van der Waals surface area contributed by atoms with Crippen molar-refractivity contribution in [2.75, 3.05) is 0 Å². The van der Waals surface area contributed by atoms with Crippen molar-refractivity contribution in [3.63, 3.8) is 0 Å². The average Bonchev–Trinajstić information content (AvgIpc) is 2.35. The van der Waals surface area contributed by atoms with E-state index in [0.29, 0.717) is 0 Å². The van der Waals surface area contributed by atoms with Gasteiger partial charge in [0.1, 0.15) is 0 Å². The molecule has 1 aromatic heterocycles. The second-order valence-corrected chi connectivity index (χ2v) is 2.63. The summed E-state index contributed by atoms with van der Waals surface area (Å²) in [5.74, 6) is 0. The molecule has 0 amide bonds. The van der Waals surface area contributed by atoms with Crippen LogP contribution in [0.5, 0.6) is 0 Å². The van der Waals surface area contributed by atoms with Crippen molar-refractivity contribution in [1.82, 2.24) is 4.98 Å². The summed E-state index contributed by atoms with van der Waals surface area (Å²) in [4.78, 5) is 4.24. The SMILES string of the molecule is C=Cc1c(C)ccnc1/C=C\C.CC.CC. The molecule has 0 aliphatic rings. The number of aromatic nitrogens is 1. The number of nitrogens with zero attached hydrogens (tertiary/aromatic N) is 1. The third-order valence-corrected chi connectivity index (χ3v) is 1.77. The second kappa shape index (κ2) is 11.7. The number of rotatable bonds is 2. The van der Waals surface area contributed by atoms with Gasteiger partial charge >= 0.3 is 0 Å². The molecule has 1 heteroatoms. The summed E-state index contributed by atoms with van der Waals surface area (Å²) in [6.07, 6.45) is 7.63. The zero-order valence-corrected chi connectivity index (χ0v) is 11.5. The Bertz CT molecular complexity index is 311. The van der Waals surface area contributed by atoms with Crippen LogP contribution in [0.25, 0.3) is 12.2 Å². The molecule has 0 aromatic carbocycles. The van der Waals surface area contributed by atoms with Gasteiger partial charge in [-0.2, -0.15) is 0 Å². The van der Waals surface area contributed by atoms with Gasteiger partial charge in [-0.05, 0) is 31.6 Å². The summed E-state index contributed by atoms with van der Waals surface area (Å²) < 4.78 is 0. The number of allylic oxidation sites excluding steroid dienone is 1. The van der Waals surface area contributed by atoms with Gasteiger partial charge in [0.15, 0.2) is 0 Å². The molecule has 1 heterocycles. The maximum absolute atomic E-state index is 4.24. The fraction of sp³-hybridized carbons (Fsp3) is 0.400. The molecule has 0 bridgehead atoms. The third-order valence-electron chi connectivity index (χ3n) is 1.77. The first-order valence-corrected chi connectivity index (χ1v) is 6.00. The molecule has 0 saturated carbocycles. The minimum atomic E-state index is 0.993. The molecular formula is C15H25N. The topological polar surface area (TPSA) is 12.9 Å². The molecule has 90 valence electrons. The van der Waals surface area contributed by atoms with E-state index in [4.69, 9.17) is 0 Å². The number of hydrogen-bond acceptors (Lipinski definition) is 1. The molecule has 0 aliphatic carbocycles. The third kappa shape index (κ3) is 5.50. The lowest BCUT2D eigenvalue weighted by atomic mass is 10.1. The van der Waals surface area contributed by atoms with E-state index < -0.39 is 0 Å². The van der Waals surface area contributed by atoms with Gasteiger partial charge in [-0.1, -0.05) is 46.4 Å². The van der Waals surface area contributed by atoms with E-state index in [-0.39, 0.29) is 0 Å². The van der Waals surface area contributed by atoms with Crippen LogP contribution in [0.4, 0.5) is 0 Å². The zero-order valence-electron chi connectivity index (χ0n) is 11.5. The summed E-state index contributed by atoms with van der Waals surface area (Å²) in [5, 5.41) is 0. The molecule has 1 rings (SSSR count). The van der Waals surface area contributed by atoms with Crippen LogP contribution >= 0.6 is 0 Å². The van der Waals surface area contributed by atoms with Crippen LogP contribution in [0.3, 0.4) is 0 Å². The largest absolute Gasteiger partial charge is 0.256 e. The van der Waals surface area contributed by atoms with Crippen molar-refractivity contribution in [3.05, 3.63) is 41.7 Å². The van der Waals surface area contributed by atoms with Crippen LogP contribution in [0.15, 0.2) is 24.9 Å². The summed E-state index contributed by atoms with van der Waals surface area (Å²) >= 11 is 0. The first-order valence-electron chi connectivity index (χ1n) is 6.00. The fourth-order valence-corrected chi connectivity index (χ4v) is 1.15. The molecule has 1 aromatic rings. The smallest absolute Gasteiger partial charge is 0.0701 e. The first kappa shape index (κ1) is 17.0. The van der Waals surface area contributed by atoms with Crippen molar-refractivity contribution < 1.29 is 0 Å². The van der Waals surface area contributed by atoms with Crippen molar-refractivity contribution in [2.45, 2.75) is 41.5 Å². The van der Waals surface area contributed by atoms with Crippen LogP contribution in [-0.4, -0.2) is 4.98 Å². The van der Waals surface area contributed by atoms with Gasteiger partial charge in [0.2, 0.25) is 0 Å². The first-order chi connectivity index (χ1) is 7.79. The Labute approximate surface area is 101 Å². The highest BCUT2D eigenvalue weighted by atomic mass is 14.7. The van der Waals surface area contributed by atoms with Crippen LogP contribution in [0.2, 0.25) is 0 Å². The Balaban J connectivity index is 0. The second-order valence-electron chi connectivity index (χ2n) is 2.63. The molecule has 0 fully saturated rings. The van der Waals surface area contributed by atoms with Crippen molar-refractivity contribution in [3.8, 4) is 0 Å². The fourth-order valence-electron chi connectivity index (χ4n) is 1.15. The minimum Gasteiger partial charge on any atom is -0.256 e.